The third-order valence-electron chi connectivity index (χ3n) is 2.15. The summed E-state index contributed by atoms with van der Waals surface area (Å²) in [5.74, 6) is 0.125. The molecule has 0 atom stereocenters. The molecule has 0 aromatic carbocycles. The molecule has 0 aliphatic carbocycles. The van der Waals surface area contributed by atoms with Gasteiger partial charge in [-0.2, -0.15) is 5.10 Å². The molecule has 0 fully saturated rings. The number of nitrogen functional groups attached to an aromatic ring is 1. The summed E-state index contributed by atoms with van der Waals surface area (Å²) in [6.45, 7) is 3.07. The average molecular weight is 212 g/mol. The van der Waals surface area contributed by atoms with E-state index in [-0.39, 0.29) is 18.3 Å². The number of aromatic amines is 1. The number of carbonyl (C=O) groups excluding carboxylic acids is 1. The van der Waals surface area contributed by atoms with Crippen LogP contribution in [-0.4, -0.2) is 45.8 Å². The summed E-state index contributed by atoms with van der Waals surface area (Å²) in [5.41, 5.74) is 5.93. The van der Waals surface area contributed by atoms with Crippen LogP contribution >= 0.6 is 0 Å². The average Bonchev–Trinajstić information content (AvgIpc) is 2.65. The molecule has 15 heavy (non-hydrogen) atoms. The van der Waals surface area contributed by atoms with Crippen LogP contribution in [0.5, 0.6) is 0 Å². The highest BCUT2D eigenvalue weighted by molar-refractivity contribution is 5.98. The van der Waals surface area contributed by atoms with Crippen LogP contribution in [0.25, 0.3) is 0 Å². The zero-order chi connectivity index (χ0) is 11.3. The normalized spacial score (nSPS) is 10.3. The number of aliphatic hydroxyl groups is 1. The van der Waals surface area contributed by atoms with Crippen LogP contribution in [0.2, 0.25) is 0 Å². The lowest BCUT2D eigenvalue weighted by atomic mass is 10.2. The molecular formula is C9H16N4O2. The second-order valence-electron chi connectivity index (χ2n) is 3.16. The maximum atomic E-state index is 11.9. The van der Waals surface area contributed by atoms with Gasteiger partial charge in [-0.15, -0.1) is 0 Å². The van der Waals surface area contributed by atoms with Crippen LogP contribution in [0, 0.1) is 0 Å². The van der Waals surface area contributed by atoms with Crippen LogP contribution in [-0.2, 0) is 0 Å². The van der Waals surface area contributed by atoms with Crippen molar-refractivity contribution in [2.45, 2.75) is 13.3 Å². The van der Waals surface area contributed by atoms with Gasteiger partial charge >= 0.3 is 0 Å². The number of aliphatic hydroxyl groups excluding tert-OH is 1. The Balaban J connectivity index is 2.69. The van der Waals surface area contributed by atoms with E-state index in [1.54, 1.807) is 4.90 Å². The second kappa shape index (κ2) is 5.35. The highest BCUT2D eigenvalue weighted by Crippen LogP contribution is 2.10. The van der Waals surface area contributed by atoms with E-state index in [4.69, 9.17) is 10.8 Å². The number of nitrogens with one attached hydrogen (secondary N) is 1. The van der Waals surface area contributed by atoms with Crippen molar-refractivity contribution in [2.24, 2.45) is 0 Å². The molecule has 0 aliphatic rings. The van der Waals surface area contributed by atoms with Gasteiger partial charge in [0, 0.05) is 19.7 Å². The summed E-state index contributed by atoms with van der Waals surface area (Å²) in [4.78, 5) is 13.5. The van der Waals surface area contributed by atoms with Gasteiger partial charge in [-0.25, -0.2) is 0 Å². The lowest BCUT2D eigenvalue weighted by Crippen LogP contribution is -2.32. The molecule has 0 radical (unpaired) electrons. The summed E-state index contributed by atoms with van der Waals surface area (Å²) >= 11 is 0. The van der Waals surface area contributed by atoms with E-state index in [1.165, 1.54) is 6.20 Å². The first kappa shape index (κ1) is 11.5. The number of amides is 1. The maximum Gasteiger partial charge on any atom is 0.259 e. The topological polar surface area (TPSA) is 95.2 Å². The van der Waals surface area contributed by atoms with Crippen LogP contribution in [0.3, 0.4) is 0 Å². The quantitative estimate of drug-likeness (QED) is 0.631. The van der Waals surface area contributed by atoms with E-state index in [1.807, 2.05) is 6.92 Å². The molecule has 0 spiro atoms. The van der Waals surface area contributed by atoms with Gasteiger partial charge in [-0.3, -0.25) is 9.89 Å². The minimum atomic E-state index is -0.155. The molecule has 4 N–H and O–H groups in total. The molecule has 1 amide bonds. The molecule has 0 saturated heterocycles. The van der Waals surface area contributed by atoms with E-state index in [2.05, 4.69) is 10.2 Å². The van der Waals surface area contributed by atoms with Gasteiger partial charge in [0.25, 0.3) is 5.91 Å². The third kappa shape index (κ3) is 2.69. The Labute approximate surface area is 88.1 Å². The minimum absolute atomic E-state index is 0.0741. The van der Waals surface area contributed by atoms with Gasteiger partial charge in [0.05, 0.1) is 6.20 Å². The number of nitrogens with zero attached hydrogens (tertiary/aromatic N) is 2. The van der Waals surface area contributed by atoms with Gasteiger partial charge in [-0.1, -0.05) is 0 Å². The Morgan fingerprint density at radius 3 is 2.93 bits per heavy atom. The predicted molar refractivity (Wildman–Crippen MR) is 56.3 cm³/mol. The molecule has 6 nitrogen and oxygen atoms in total. The molecule has 0 aliphatic heterocycles. The van der Waals surface area contributed by atoms with Gasteiger partial charge < -0.3 is 15.7 Å². The largest absolute Gasteiger partial charge is 0.396 e. The molecule has 1 heterocycles. The van der Waals surface area contributed by atoms with Gasteiger partial charge in [0.15, 0.2) is 0 Å². The Morgan fingerprint density at radius 1 is 1.73 bits per heavy atom. The number of hydrogen-bond acceptors (Lipinski definition) is 4. The lowest BCUT2D eigenvalue weighted by Gasteiger charge is -2.19. The zero-order valence-corrected chi connectivity index (χ0v) is 8.73. The first-order chi connectivity index (χ1) is 7.20. The van der Waals surface area contributed by atoms with E-state index >= 15 is 0 Å². The van der Waals surface area contributed by atoms with Crippen LogP contribution in [0.4, 0.5) is 5.82 Å². The molecule has 0 bridgehead atoms. The fourth-order valence-electron chi connectivity index (χ4n) is 1.30. The number of H-pyrrole nitrogens is 1. The first-order valence-electron chi connectivity index (χ1n) is 4.89. The van der Waals surface area contributed by atoms with Crippen LogP contribution in [0.1, 0.15) is 23.7 Å². The number of hydrogen-bond donors (Lipinski definition) is 3. The van der Waals surface area contributed by atoms with Gasteiger partial charge in [-0.05, 0) is 13.3 Å². The van der Waals surface area contributed by atoms with Crippen molar-refractivity contribution in [1.82, 2.24) is 15.1 Å². The number of aromatic nitrogens is 2. The Kier molecular flexibility index (Phi) is 4.11. The second-order valence-corrected chi connectivity index (χ2v) is 3.16. The van der Waals surface area contributed by atoms with Gasteiger partial charge in [0.1, 0.15) is 11.4 Å². The van der Waals surface area contributed by atoms with Crippen molar-refractivity contribution in [1.29, 1.82) is 0 Å². The highest BCUT2D eigenvalue weighted by Gasteiger charge is 2.17. The molecule has 6 heteroatoms. The highest BCUT2D eigenvalue weighted by atomic mass is 16.3. The van der Waals surface area contributed by atoms with Crippen molar-refractivity contribution in [2.75, 3.05) is 25.4 Å². The van der Waals surface area contributed by atoms with Crippen molar-refractivity contribution in [3.63, 3.8) is 0 Å². The molecule has 1 rings (SSSR count). The minimum Gasteiger partial charge on any atom is -0.396 e. The standard InChI is InChI=1S/C9H16N4O2/c1-2-13(4-3-5-14)9(15)7-6-11-12-8(7)10/h6,14H,2-5H2,1H3,(H3,10,11,12). The maximum absolute atomic E-state index is 11.9. The number of nitrogens with two attached hydrogens (primary N) is 1. The summed E-state index contributed by atoms with van der Waals surface area (Å²) in [6.07, 6.45) is 1.98. The summed E-state index contributed by atoms with van der Waals surface area (Å²) in [7, 11) is 0. The number of rotatable bonds is 5. The SMILES string of the molecule is CCN(CCCO)C(=O)c1cn[nH]c1N. The molecular weight excluding hydrogens is 196 g/mol. The fraction of sp³-hybridized carbons (Fsp3) is 0.556. The van der Waals surface area contributed by atoms with E-state index in [0.29, 0.717) is 25.1 Å². The van der Waals surface area contributed by atoms with Crippen molar-refractivity contribution >= 4 is 11.7 Å². The monoisotopic (exact) mass is 212 g/mol. The fourth-order valence-corrected chi connectivity index (χ4v) is 1.30. The van der Waals surface area contributed by atoms with Crippen LogP contribution in [0.15, 0.2) is 6.20 Å². The Morgan fingerprint density at radius 2 is 2.47 bits per heavy atom. The third-order valence-corrected chi connectivity index (χ3v) is 2.15. The zero-order valence-electron chi connectivity index (χ0n) is 8.73. The molecule has 0 saturated carbocycles. The van der Waals surface area contributed by atoms with E-state index in [9.17, 15) is 4.79 Å². The lowest BCUT2D eigenvalue weighted by molar-refractivity contribution is 0.0755. The Hall–Kier alpha value is -1.56. The molecule has 1 aromatic rings. The van der Waals surface area contributed by atoms with Crippen molar-refractivity contribution in [3.05, 3.63) is 11.8 Å². The number of carbonyl (C=O) groups is 1. The van der Waals surface area contributed by atoms with Crippen molar-refractivity contribution < 1.29 is 9.90 Å². The molecule has 0 unspecified atom stereocenters. The predicted octanol–water partition coefficient (Wildman–Crippen LogP) is -0.164. The number of anilines is 1. The van der Waals surface area contributed by atoms with Crippen molar-refractivity contribution in [3.8, 4) is 0 Å². The smallest absolute Gasteiger partial charge is 0.259 e. The van der Waals surface area contributed by atoms with Crippen LogP contribution < -0.4 is 5.73 Å². The van der Waals surface area contributed by atoms with Gasteiger partial charge in [0.2, 0.25) is 0 Å². The Bertz CT molecular complexity index is 324. The summed E-state index contributed by atoms with van der Waals surface area (Å²) in [6, 6.07) is 0. The van der Waals surface area contributed by atoms with E-state index < -0.39 is 0 Å². The molecule has 1 aromatic heterocycles. The summed E-state index contributed by atoms with van der Waals surface area (Å²) in [5, 5.41) is 14.9. The first-order valence-corrected chi connectivity index (χ1v) is 4.89. The molecule has 84 valence electrons. The van der Waals surface area contributed by atoms with E-state index in [0.717, 1.165) is 0 Å². The summed E-state index contributed by atoms with van der Waals surface area (Å²) < 4.78 is 0.